The highest BCUT2D eigenvalue weighted by molar-refractivity contribution is 7.24. The van der Waals surface area contributed by atoms with Crippen LogP contribution in [0.1, 0.15) is 16.8 Å². The summed E-state index contributed by atoms with van der Waals surface area (Å²) in [6, 6.07) is 11.4. The molecule has 176 valence electrons. The molecule has 1 unspecified atom stereocenters. The van der Waals surface area contributed by atoms with Crippen LogP contribution >= 0.6 is 11.3 Å². The third-order valence-electron chi connectivity index (χ3n) is 6.75. The highest BCUT2D eigenvalue weighted by atomic mass is 32.1. The Bertz CT molecular complexity index is 1470. The minimum atomic E-state index is -0.382. The first-order valence-corrected chi connectivity index (χ1v) is 12.4. The van der Waals surface area contributed by atoms with Crippen molar-refractivity contribution in [2.45, 2.75) is 12.5 Å². The van der Waals surface area contributed by atoms with Gasteiger partial charge in [-0.25, -0.2) is 9.99 Å². The average molecular weight is 479 g/mol. The summed E-state index contributed by atoms with van der Waals surface area (Å²) in [6.07, 6.45) is 0.324. The van der Waals surface area contributed by atoms with Gasteiger partial charge in [-0.2, -0.15) is 0 Å². The molecule has 5 heterocycles. The number of aliphatic hydroxyl groups is 1. The van der Waals surface area contributed by atoms with Crippen LogP contribution in [0.3, 0.4) is 0 Å². The number of nitrogens with zero attached hydrogens (tertiary/aromatic N) is 5. The number of carbonyl (C=O) groups excluding carboxylic acids is 1. The lowest BCUT2D eigenvalue weighted by Crippen LogP contribution is -2.53. The Balaban J connectivity index is 1.53. The number of carbonyl (C=O) groups is 1. The third-order valence-corrected chi connectivity index (χ3v) is 7.90. The molecule has 0 aliphatic carbocycles. The number of aliphatic hydroxyl groups excluding tert-OH is 1. The number of likely N-dealkylation sites (N-methyl/N-ethyl adjacent to an activating group) is 1. The van der Waals surface area contributed by atoms with E-state index in [9.17, 15) is 14.7 Å². The van der Waals surface area contributed by atoms with Crippen LogP contribution < -0.4 is 15.8 Å². The summed E-state index contributed by atoms with van der Waals surface area (Å²) >= 11 is 1.43. The molecule has 0 saturated carbocycles. The Hall–Kier alpha value is -3.05. The molecule has 3 aromatic heterocycles. The van der Waals surface area contributed by atoms with Crippen LogP contribution in [0.5, 0.6) is 0 Å². The number of rotatable bonds is 3. The number of amides is 1. The van der Waals surface area contributed by atoms with E-state index in [1.54, 1.807) is 6.07 Å². The number of pyridine rings is 2. The van der Waals surface area contributed by atoms with Crippen molar-refractivity contribution in [1.82, 2.24) is 24.7 Å². The molecular formula is C24H26N6O3S. The molecular weight excluding hydrogens is 452 g/mol. The van der Waals surface area contributed by atoms with Crippen LogP contribution in [0.25, 0.3) is 26.1 Å². The second-order valence-corrected chi connectivity index (χ2v) is 10.1. The molecule has 2 saturated heterocycles. The van der Waals surface area contributed by atoms with E-state index >= 15 is 0 Å². The average Bonchev–Trinajstić information content (AvgIpc) is 3.44. The number of β-amino-alcohol motifs (C(OH)–C–C–N with tert-alkyl or cyclic N) is 1. The second kappa shape index (κ2) is 8.31. The zero-order valence-electron chi connectivity index (χ0n) is 18.9. The van der Waals surface area contributed by atoms with Gasteiger partial charge >= 0.3 is 0 Å². The number of thiazole rings is 1. The number of anilines is 1. The fourth-order valence-corrected chi connectivity index (χ4v) is 6.00. The molecule has 9 nitrogen and oxygen atoms in total. The molecule has 6 rings (SSSR count). The van der Waals surface area contributed by atoms with Crippen LogP contribution in [-0.2, 0) is 0 Å². The molecule has 0 bridgehead atoms. The van der Waals surface area contributed by atoms with Crippen molar-refractivity contribution >= 4 is 49.1 Å². The number of para-hydroxylation sites is 1. The van der Waals surface area contributed by atoms with Crippen molar-refractivity contribution in [2.24, 2.45) is 0 Å². The van der Waals surface area contributed by atoms with E-state index in [0.717, 1.165) is 29.1 Å². The molecule has 4 aromatic rings. The molecule has 1 amide bonds. The maximum atomic E-state index is 13.7. The summed E-state index contributed by atoms with van der Waals surface area (Å²) in [4.78, 5) is 36.8. The van der Waals surface area contributed by atoms with Crippen LogP contribution in [-0.4, -0.2) is 82.7 Å². The van der Waals surface area contributed by atoms with Gasteiger partial charge in [0, 0.05) is 39.3 Å². The van der Waals surface area contributed by atoms with Gasteiger partial charge in [-0.05, 0) is 37.7 Å². The quantitative estimate of drug-likeness (QED) is 0.461. The van der Waals surface area contributed by atoms with E-state index in [2.05, 4.69) is 17.4 Å². The zero-order chi connectivity index (χ0) is 23.4. The number of piperazine rings is 1. The van der Waals surface area contributed by atoms with Gasteiger partial charge in [-0.1, -0.05) is 12.1 Å². The van der Waals surface area contributed by atoms with E-state index in [0.29, 0.717) is 48.5 Å². The Labute approximate surface area is 199 Å². The van der Waals surface area contributed by atoms with Gasteiger partial charge in [0.15, 0.2) is 5.65 Å². The Morgan fingerprint density at radius 3 is 2.68 bits per heavy atom. The minimum absolute atomic E-state index is 0.152. The van der Waals surface area contributed by atoms with Crippen molar-refractivity contribution in [1.29, 1.82) is 0 Å². The molecule has 2 N–H and O–H groups in total. The summed E-state index contributed by atoms with van der Waals surface area (Å²) in [5.41, 5.74) is 4.25. The topological polar surface area (TPSA) is 93.4 Å². The van der Waals surface area contributed by atoms with Crippen molar-refractivity contribution in [3.8, 4) is 0 Å². The normalized spacial score (nSPS) is 20.1. The van der Waals surface area contributed by atoms with Gasteiger partial charge in [-0.3, -0.25) is 19.4 Å². The maximum absolute atomic E-state index is 13.7. The number of benzene rings is 1. The summed E-state index contributed by atoms with van der Waals surface area (Å²) in [5, 5.41) is 12.3. The lowest BCUT2D eigenvalue weighted by Gasteiger charge is -2.32. The van der Waals surface area contributed by atoms with Crippen molar-refractivity contribution in [3.63, 3.8) is 0 Å². The van der Waals surface area contributed by atoms with Crippen LogP contribution in [0, 0.1) is 0 Å². The number of fused-ring (bicyclic) bond motifs is 5. The summed E-state index contributed by atoms with van der Waals surface area (Å²) in [6.45, 7) is 4.36. The van der Waals surface area contributed by atoms with Crippen molar-refractivity contribution < 1.29 is 9.90 Å². The SMILES string of the molecule is CN1CCN(NC(=O)c2c(=O)c3ccc(N4CCC(O)C4)nc3n3c2sc2ccccc23)CC1. The number of hydrogen-bond donors (Lipinski definition) is 2. The van der Waals surface area contributed by atoms with Crippen LogP contribution in [0.15, 0.2) is 41.2 Å². The predicted octanol–water partition coefficient (Wildman–Crippen LogP) is 1.53. The first-order valence-electron chi connectivity index (χ1n) is 11.5. The van der Waals surface area contributed by atoms with E-state index in [4.69, 9.17) is 4.98 Å². The van der Waals surface area contributed by atoms with Crippen molar-refractivity contribution in [2.75, 3.05) is 51.2 Å². The highest BCUT2D eigenvalue weighted by Crippen LogP contribution is 2.31. The first-order chi connectivity index (χ1) is 16.5. The first kappa shape index (κ1) is 21.5. The maximum Gasteiger partial charge on any atom is 0.272 e. The number of hydrogen-bond acceptors (Lipinski definition) is 8. The molecule has 0 spiro atoms. The van der Waals surface area contributed by atoms with Crippen LogP contribution in [0.4, 0.5) is 5.82 Å². The largest absolute Gasteiger partial charge is 0.391 e. The fourth-order valence-electron chi connectivity index (χ4n) is 4.82. The van der Waals surface area contributed by atoms with Gasteiger partial charge in [0.1, 0.15) is 16.2 Å². The number of hydrazine groups is 1. The summed E-state index contributed by atoms with van der Waals surface area (Å²) in [5.74, 6) is 0.342. The fraction of sp³-hybridized carbons (Fsp3) is 0.375. The Kier molecular flexibility index (Phi) is 5.25. The Morgan fingerprint density at radius 2 is 1.91 bits per heavy atom. The highest BCUT2D eigenvalue weighted by Gasteiger charge is 2.26. The molecule has 1 aromatic carbocycles. The molecule has 2 fully saturated rings. The van der Waals surface area contributed by atoms with Gasteiger partial charge in [0.25, 0.3) is 5.91 Å². The molecule has 34 heavy (non-hydrogen) atoms. The van der Waals surface area contributed by atoms with E-state index in [1.165, 1.54) is 11.3 Å². The minimum Gasteiger partial charge on any atom is -0.391 e. The molecule has 2 aliphatic rings. The van der Waals surface area contributed by atoms with Crippen LogP contribution in [0.2, 0.25) is 0 Å². The number of aromatic nitrogens is 2. The third kappa shape index (κ3) is 3.54. The van der Waals surface area contributed by atoms with E-state index < -0.39 is 0 Å². The van der Waals surface area contributed by atoms with Gasteiger partial charge < -0.3 is 14.9 Å². The lowest BCUT2D eigenvalue weighted by molar-refractivity contribution is 0.0663. The number of nitrogens with one attached hydrogen (secondary N) is 1. The molecule has 1 atom stereocenters. The molecule has 10 heteroatoms. The lowest BCUT2D eigenvalue weighted by atomic mass is 10.1. The smallest absolute Gasteiger partial charge is 0.272 e. The van der Waals surface area contributed by atoms with Gasteiger partial charge in [0.2, 0.25) is 5.43 Å². The summed E-state index contributed by atoms with van der Waals surface area (Å²) < 4.78 is 2.91. The second-order valence-electron chi connectivity index (χ2n) is 9.07. The van der Waals surface area contributed by atoms with E-state index in [1.807, 2.05) is 44.6 Å². The monoisotopic (exact) mass is 478 g/mol. The van der Waals surface area contributed by atoms with Crippen molar-refractivity contribution in [3.05, 3.63) is 52.2 Å². The van der Waals surface area contributed by atoms with E-state index in [-0.39, 0.29) is 23.0 Å². The standard InChI is InChI=1S/C24H26N6O3S/c1-27-10-12-29(13-11-27)26-23(33)20-21(32)16-6-7-19(28-9-8-15(31)14-28)25-22(16)30-17-4-2-3-5-18(17)34-24(20)30/h2-7,15,31H,8-14H2,1H3,(H,26,33). The molecule has 2 aliphatic heterocycles. The summed E-state index contributed by atoms with van der Waals surface area (Å²) in [7, 11) is 2.06. The van der Waals surface area contributed by atoms with Gasteiger partial charge in [-0.15, -0.1) is 11.3 Å². The predicted molar refractivity (Wildman–Crippen MR) is 134 cm³/mol. The van der Waals surface area contributed by atoms with Gasteiger partial charge in [0.05, 0.1) is 21.7 Å². The Morgan fingerprint density at radius 1 is 1.12 bits per heavy atom. The zero-order valence-corrected chi connectivity index (χ0v) is 19.7. The molecule has 0 radical (unpaired) electrons.